The van der Waals surface area contributed by atoms with Gasteiger partial charge in [-0.3, -0.25) is 9.59 Å². The van der Waals surface area contributed by atoms with Crippen LogP contribution in [0.5, 0.6) is 5.75 Å². The summed E-state index contributed by atoms with van der Waals surface area (Å²) in [7, 11) is 1.55. The molecule has 0 saturated carbocycles. The Kier molecular flexibility index (Phi) is 7.25. The summed E-state index contributed by atoms with van der Waals surface area (Å²) < 4.78 is 5.71. The number of halogens is 1. The lowest BCUT2D eigenvalue weighted by atomic mass is 10.1. The molecule has 1 N–H and O–H groups in total. The van der Waals surface area contributed by atoms with Crippen molar-refractivity contribution in [1.29, 1.82) is 0 Å². The van der Waals surface area contributed by atoms with E-state index in [1.807, 2.05) is 44.2 Å². The average molecular weight is 389 g/mol. The molecule has 0 aliphatic heterocycles. The van der Waals surface area contributed by atoms with E-state index < -0.39 is 6.04 Å². The van der Waals surface area contributed by atoms with Crippen LogP contribution in [0, 0.1) is 13.8 Å². The minimum atomic E-state index is -0.624. The third-order valence-electron chi connectivity index (χ3n) is 4.36. The molecular formula is C21H25ClN2O3. The maximum atomic E-state index is 12.8. The number of hydrogen-bond donors (Lipinski definition) is 1. The zero-order valence-corrected chi connectivity index (χ0v) is 16.8. The van der Waals surface area contributed by atoms with Crippen LogP contribution in [0.2, 0.25) is 5.02 Å². The predicted octanol–water partition coefficient (Wildman–Crippen LogP) is 3.50. The van der Waals surface area contributed by atoms with Crippen LogP contribution in [-0.2, 0) is 16.1 Å². The van der Waals surface area contributed by atoms with Crippen LogP contribution in [0.25, 0.3) is 0 Å². The molecule has 2 aromatic rings. The number of nitrogens with zero attached hydrogens (tertiary/aromatic N) is 1. The number of rotatable bonds is 7. The quantitative estimate of drug-likeness (QED) is 0.789. The number of aryl methyl sites for hydroxylation is 2. The first-order valence-electron chi connectivity index (χ1n) is 8.77. The van der Waals surface area contributed by atoms with Gasteiger partial charge in [0.1, 0.15) is 11.8 Å². The van der Waals surface area contributed by atoms with Crippen molar-refractivity contribution in [2.45, 2.75) is 33.4 Å². The normalized spacial score (nSPS) is 11.6. The maximum Gasteiger partial charge on any atom is 0.261 e. The van der Waals surface area contributed by atoms with Gasteiger partial charge >= 0.3 is 0 Å². The molecule has 0 saturated heterocycles. The molecule has 2 amide bonds. The molecule has 0 bridgehead atoms. The second-order valence-corrected chi connectivity index (χ2v) is 6.93. The van der Waals surface area contributed by atoms with Crippen LogP contribution in [0.1, 0.15) is 23.6 Å². The Labute approximate surface area is 165 Å². The molecule has 0 heterocycles. The molecule has 0 unspecified atom stereocenters. The molecule has 2 aromatic carbocycles. The summed E-state index contributed by atoms with van der Waals surface area (Å²) in [6.07, 6.45) is 0. The Balaban J connectivity index is 2.14. The van der Waals surface area contributed by atoms with E-state index in [-0.39, 0.29) is 18.4 Å². The number of nitrogens with one attached hydrogen (secondary N) is 1. The number of amides is 2. The lowest BCUT2D eigenvalue weighted by Gasteiger charge is -2.28. The van der Waals surface area contributed by atoms with E-state index in [2.05, 4.69) is 5.32 Å². The lowest BCUT2D eigenvalue weighted by Crippen LogP contribution is -2.48. The number of benzene rings is 2. The van der Waals surface area contributed by atoms with Gasteiger partial charge in [0.05, 0.1) is 0 Å². The Morgan fingerprint density at radius 2 is 1.81 bits per heavy atom. The molecule has 2 rings (SSSR count). The largest absolute Gasteiger partial charge is 0.483 e. The van der Waals surface area contributed by atoms with Crippen LogP contribution in [-0.4, -0.2) is 36.4 Å². The molecule has 0 aliphatic rings. The van der Waals surface area contributed by atoms with Gasteiger partial charge in [0.15, 0.2) is 6.61 Å². The first kappa shape index (κ1) is 20.8. The summed E-state index contributed by atoms with van der Waals surface area (Å²) in [5.74, 6) is 0.165. The van der Waals surface area contributed by atoms with Crippen LogP contribution < -0.4 is 10.1 Å². The highest BCUT2D eigenvalue weighted by molar-refractivity contribution is 6.30. The minimum Gasteiger partial charge on any atom is -0.483 e. The predicted molar refractivity (Wildman–Crippen MR) is 107 cm³/mol. The molecule has 0 spiro atoms. The second kappa shape index (κ2) is 9.42. The fourth-order valence-corrected chi connectivity index (χ4v) is 2.89. The summed E-state index contributed by atoms with van der Waals surface area (Å²) in [6, 6.07) is 12.4. The SMILES string of the molecule is CNC(=O)[C@@H](C)N(Cc1ccc(Cl)cc1)C(=O)COc1ccc(C)cc1C. The van der Waals surface area contributed by atoms with Gasteiger partial charge in [-0.1, -0.05) is 41.4 Å². The molecule has 27 heavy (non-hydrogen) atoms. The smallest absolute Gasteiger partial charge is 0.261 e. The summed E-state index contributed by atoms with van der Waals surface area (Å²) in [5.41, 5.74) is 2.98. The summed E-state index contributed by atoms with van der Waals surface area (Å²) in [4.78, 5) is 26.4. The maximum absolute atomic E-state index is 12.8. The van der Waals surface area contributed by atoms with E-state index >= 15 is 0 Å². The van der Waals surface area contributed by atoms with Crippen molar-refractivity contribution in [1.82, 2.24) is 10.2 Å². The summed E-state index contributed by atoms with van der Waals surface area (Å²) in [5, 5.41) is 3.21. The van der Waals surface area contributed by atoms with Crippen LogP contribution >= 0.6 is 11.6 Å². The van der Waals surface area contributed by atoms with Crippen molar-refractivity contribution in [3.63, 3.8) is 0 Å². The molecule has 0 aliphatic carbocycles. The van der Waals surface area contributed by atoms with E-state index in [0.29, 0.717) is 17.3 Å². The van der Waals surface area contributed by atoms with Gasteiger partial charge in [0.2, 0.25) is 5.91 Å². The van der Waals surface area contributed by atoms with Crippen LogP contribution in [0.3, 0.4) is 0 Å². The summed E-state index contributed by atoms with van der Waals surface area (Å²) in [6.45, 7) is 5.79. The van der Waals surface area contributed by atoms with E-state index in [4.69, 9.17) is 16.3 Å². The molecule has 0 aromatic heterocycles. The zero-order chi connectivity index (χ0) is 20.0. The van der Waals surface area contributed by atoms with Crippen molar-refractivity contribution in [2.24, 2.45) is 0 Å². The molecule has 6 heteroatoms. The first-order valence-corrected chi connectivity index (χ1v) is 9.15. The molecule has 1 atom stereocenters. The fourth-order valence-electron chi connectivity index (χ4n) is 2.76. The van der Waals surface area contributed by atoms with Gasteiger partial charge in [-0.2, -0.15) is 0 Å². The molecule has 0 fully saturated rings. The van der Waals surface area contributed by atoms with Gasteiger partial charge in [-0.05, 0) is 50.1 Å². The minimum absolute atomic E-state index is 0.140. The Bertz CT molecular complexity index is 806. The van der Waals surface area contributed by atoms with Gasteiger partial charge in [0.25, 0.3) is 5.91 Å². The summed E-state index contributed by atoms with van der Waals surface area (Å²) >= 11 is 5.92. The lowest BCUT2D eigenvalue weighted by molar-refractivity contribution is -0.142. The Hall–Kier alpha value is -2.53. The van der Waals surface area contributed by atoms with Gasteiger partial charge in [-0.25, -0.2) is 0 Å². The number of likely N-dealkylation sites (N-methyl/N-ethyl adjacent to an activating group) is 1. The number of carbonyl (C=O) groups excluding carboxylic acids is 2. The van der Waals surface area contributed by atoms with Crippen LogP contribution in [0.15, 0.2) is 42.5 Å². The highest BCUT2D eigenvalue weighted by Crippen LogP contribution is 2.19. The van der Waals surface area contributed by atoms with E-state index in [0.717, 1.165) is 16.7 Å². The highest BCUT2D eigenvalue weighted by Gasteiger charge is 2.26. The van der Waals surface area contributed by atoms with Crippen molar-refractivity contribution in [2.75, 3.05) is 13.7 Å². The second-order valence-electron chi connectivity index (χ2n) is 6.50. The molecule has 144 valence electrons. The van der Waals surface area contributed by atoms with Gasteiger partial charge < -0.3 is 15.0 Å². The fraction of sp³-hybridized carbons (Fsp3) is 0.333. The van der Waals surface area contributed by atoms with Gasteiger partial charge in [-0.15, -0.1) is 0 Å². The average Bonchev–Trinajstić information content (AvgIpc) is 2.65. The van der Waals surface area contributed by atoms with Crippen molar-refractivity contribution >= 4 is 23.4 Å². The van der Waals surface area contributed by atoms with E-state index in [1.54, 1.807) is 26.1 Å². The first-order chi connectivity index (χ1) is 12.8. The molecular weight excluding hydrogens is 364 g/mol. The number of carbonyl (C=O) groups is 2. The number of hydrogen-bond acceptors (Lipinski definition) is 3. The number of ether oxygens (including phenoxy) is 1. The molecule has 0 radical (unpaired) electrons. The van der Waals surface area contributed by atoms with E-state index in [1.165, 1.54) is 4.90 Å². The topological polar surface area (TPSA) is 58.6 Å². The van der Waals surface area contributed by atoms with Crippen molar-refractivity contribution in [3.8, 4) is 5.75 Å². The zero-order valence-electron chi connectivity index (χ0n) is 16.1. The van der Waals surface area contributed by atoms with Crippen LogP contribution in [0.4, 0.5) is 0 Å². The van der Waals surface area contributed by atoms with Crippen molar-refractivity contribution < 1.29 is 14.3 Å². The Morgan fingerprint density at radius 1 is 1.15 bits per heavy atom. The van der Waals surface area contributed by atoms with E-state index in [9.17, 15) is 9.59 Å². The van der Waals surface area contributed by atoms with Crippen molar-refractivity contribution in [3.05, 3.63) is 64.2 Å². The highest BCUT2D eigenvalue weighted by atomic mass is 35.5. The standard InChI is InChI=1S/C21H25ClN2O3/c1-14-5-10-19(15(2)11-14)27-13-20(25)24(16(3)21(26)23-4)12-17-6-8-18(22)9-7-17/h5-11,16H,12-13H2,1-4H3,(H,23,26)/t16-/m1/s1. The Morgan fingerprint density at radius 3 is 2.41 bits per heavy atom. The monoisotopic (exact) mass is 388 g/mol. The van der Waals surface area contributed by atoms with Gasteiger partial charge in [0, 0.05) is 18.6 Å². The third kappa shape index (κ3) is 5.73. The molecule has 5 nitrogen and oxygen atoms in total. The third-order valence-corrected chi connectivity index (χ3v) is 4.61.